The van der Waals surface area contributed by atoms with Crippen LogP contribution in [0.2, 0.25) is 0 Å². The van der Waals surface area contributed by atoms with E-state index in [0.29, 0.717) is 24.1 Å². The maximum absolute atomic E-state index is 9.51. The number of likely N-dealkylation sites (N-methyl/N-ethyl adjacent to an activating group) is 1. The van der Waals surface area contributed by atoms with Crippen molar-refractivity contribution < 1.29 is 25.3 Å². The fourth-order valence-electron chi connectivity index (χ4n) is 1.51. The number of quaternary nitrogens is 1. The minimum atomic E-state index is -1.65. The van der Waals surface area contributed by atoms with Gasteiger partial charge in [0.1, 0.15) is 0 Å². The second-order valence-electron chi connectivity index (χ2n) is 2.99. The molecule has 0 saturated carbocycles. The average Bonchev–Trinajstić information content (AvgIpc) is 2.08. The molecule has 1 unspecified atom stereocenters. The lowest BCUT2D eigenvalue weighted by atomic mass is 10.3. The summed E-state index contributed by atoms with van der Waals surface area (Å²) >= 11 is 0. The molecule has 0 spiro atoms. The summed E-state index contributed by atoms with van der Waals surface area (Å²) in [5.41, 5.74) is 0. The zero-order chi connectivity index (χ0) is 9.78. The molecule has 13 heavy (non-hydrogen) atoms. The van der Waals surface area contributed by atoms with E-state index in [9.17, 15) is 5.11 Å². The van der Waals surface area contributed by atoms with Gasteiger partial charge in [0.25, 0.3) is 0 Å². The van der Waals surface area contributed by atoms with Crippen LogP contribution in [0.5, 0.6) is 0 Å². The van der Waals surface area contributed by atoms with Crippen molar-refractivity contribution in [3.05, 3.63) is 0 Å². The van der Waals surface area contributed by atoms with E-state index in [1.807, 2.05) is 20.8 Å². The van der Waals surface area contributed by atoms with Gasteiger partial charge in [-0.15, -0.1) is 0 Å². The highest BCUT2D eigenvalue weighted by Crippen LogP contribution is 2.13. The zero-order valence-electron chi connectivity index (χ0n) is 8.51. The molecule has 0 aromatic carbocycles. The fraction of sp³-hybridized carbons (Fsp3) is 1.00. The van der Waals surface area contributed by atoms with Gasteiger partial charge in [-0.05, 0) is 20.8 Å². The van der Waals surface area contributed by atoms with Gasteiger partial charge in [0.15, 0.2) is 0 Å². The highest BCUT2D eigenvalue weighted by Gasteiger charge is 2.35. The topological polar surface area (TPSA) is 90.7 Å². The SMILES string of the molecule is CC[N+](CC)(CC)C(O)C(O)O.[OH-]. The summed E-state index contributed by atoms with van der Waals surface area (Å²) in [6.45, 7) is 7.89. The Morgan fingerprint density at radius 2 is 1.23 bits per heavy atom. The van der Waals surface area contributed by atoms with E-state index in [1.165, 1.54) is 0 Å². The predicted octanol–water partition coefficient (Wildman–Crippen LogP) is -0.685. The molecule has 0 aliphatic heterocycles. The number of hydrogen-bond acceptors (Lipinski definition) is 4. The number of aliphatic hydroxyl groups is 3. The molecule has 0 radical (unpaired) electrons. The molecule has 5 heteroatoms. The highest BCUT2D eigenvalue weighted by atomic mass is 16.5. The molecule has 4 N–H and O–H groups in total. The van der Waals surface area contributed by atoms with Crippen molar-refractivity contribution in [3.63, 3.8) is 0 Å². The zero-order valence-corrected chi connectivity index (χ0v) is 8.51. The molecule has 0 fully saturated rings. The molecule has 82 valence electrons. The molecule has 0 amide bonds. The van der Waals surface area contributed by atoms with E-state index in [1.54, 1.807) is 0 Å². The van der Waals surface area contributed by atoms with Crippen LogP contribution in [0.25, 0.3) is 0 Å². The lowest BCUT2D eigenvalue weighted by molar-refractivity contribution is -0.973. The predicted molar refractivity (Wildman–Crippen MR) is 48.1 cm³/mol. The van der Waals surface area contributed by atoms with Crippen molar-refractivity contribution in [2.45, 2.75) is 33.3 Å². The lowest BCUT2D eigenvalue weighted by Crippen LogP contribution is -2.59. The Kier molecular flexibility index (Phi) is 7.39. The molecule has 0 aliphatic carbocycles. The summed E-state index contributed by atoms with van der Waals surface area (Å²) in [6.07, 6.45) is -2.74. The van der Waals surface area contributed by atoms with Gasteiger partial charge in [0.2, 0.25) is 12.5 Å². The molecule has 1 atom stereocenters. The third-order valence-electron chi connectivity index (χ3n) is 2.72. The molecule has 5 nitrogen and oxygen atoms in total. The van der Waals surface area contributed by atoms with Crippen molar-refractivity contribution in [1.82, 2.24) is 0 Å². The van der Waals surface area contributed by atoms with Crippen LogP contribution in [0.3, 0.4) is 0 Å². The summed E-state index contributed by atoms with van der Waals surface area (Å²) in [4.78, 5) is 0. The van der Waals surface area contributed by atoms with Gasteiger partial charge in [-0.2, -0.15) is 0 Å². The summed E-state index contributed by atoms with van der Waals surface area (Å²) in [5.74, 6) is 0. The van der Waals surface area contributed by atoms with Gasteiger partial charge >= 0.3 is 0 Å². The highest BCUT2D eigenvalue weighted by molar-refractivity contribution is 4.46. The van der Waals surface area contributed by atoms with E-state index >= 15 is 0 Å². The number of rotatable bonds is 5. The summed E-state index contributed by atoms with van der Waals surface area (Å²) in [6, 6.07) is 0. The number of aliphatic hydroxyl groups excluding tert-OH is 2. The summed E-state index contributed by atoms with van der Waals surface area (Å²) in [7, 11) is 0. The van der Waals surface area contributed by atoms with Crippen LogP contribution < -0.4 is 0 Å². The Balaban J connectivity index is 0. The van der Waals surface area contributed by atoms with Crippen molar-refractivity contribution >= 4 is 0 Å². The monoisotopic (exact) mass is 195 g/mol. The minimum Gasteiger partial charge on any atom is -0.870 e. The van der Waals surface area contributed by atoms with E-state index < -0.39 is 12.5 Å². The first-order chi connectivity index (χ1) is 5.54. The van der Waals surface area contributed by atoms with E-state index in [-0.39, 0.29) is 5.48 Å². The smallest absolute Gasteiger partial charge is 0.242 e. The second-order valence-corrected chi connectivity index (χ2v) is 2.99. The Hall–Kier alpha value is -0.200. The first kappa shape index (κ1) is 15.3. The van der Waals surface area contributed by atoms with Crippen LogP contribution in [0.15, 0.2) is 0 Å². The average molecular weight is 195 g/mol. The maximum Gasteiger partial charge on any atom is 0.242 e. The third kappa shape index (κ3) is 3.21. The molecule has 0 rings (SSSR count). The van der Waals surface area contributed by atoms with E-state index in [4.69, 9.17) is 10.2 Å². The Bertz CT molecular complexity index is 117. The molecule has 0 aliphatic rings. The molecule has 0 heterocycles. The standard InChI is InChI=1S/C8H20NO3.H2O/c1-4-9(5-2,6-3)7(10)8(11)12;/h7-8,10-12H,4-6H2,1-3H3;1H2/q+1;/p-1. The lowest BCUT2D eigenvalue weighted by Gasteiger charge is -2.40. The van der Waals surface area contributed by atoms with Gasteiger partial charge in [0, 0.05) is 0 Å². The number of nitrogens with zero attached hydrogens (tertiary/aromatic N) is 1. The van der Waals surface area contributed by atoms with Crippen molar-refractivity contribution in [3.8, 4) is 0 Å². The fourth-order valence-corrected chi connectivity index (χ4v) is 1.51. The molecule has 0 saturated heterocycles. The molecule has 0 aromatic heterocycles. The quantitative estimate of drug-likeness (QED) is 0.400. The largest absolute Gasteiger partial charge is 0.870 e. The van der Waals surface area contributed by atoms with Crippen LogP contribution >= 0.6 is 0 Å². The summed E-state index contributed by atoms with van der Waals surface area (Å²) < 4.78 is 0.331. The summed E-state index contributed by atoms with van der Waals surface area (Å²) in [5, 5.41) is 27.2. The first-order valence-electron chi connectivity index (χ1n) is 4.44. The van der Waals surface area contributed by atoms with Crippen LogP contribution in [-0.4, -0.2) is 57.4 Å². The van der Waals surface area contributed by atoms with Gasteiger partial charge in [-0.1, -0.05) is 0 Å². The third-order valence-corrected chi connectivity index (χ3v) is 2.72. The molecular weight excluding hydrogens is 174 g/mol. The van der Waals surface area contributed by atoms with Crippen LogP contribution in [0, 0.1) is 0 Å². The Morgan fingerprint density at radius 1 is 0.923 bits per heavy atom. The van der Waals surface area contributed by atoms with Gasteiger partial charge in [-0.25, -0.2) is 0 Å². The number of hydrogen-bond donors (Lipinski definition) is 3. The normalized spacial score (nSPS) is 14.1. The molecule has 0 aromatic rings. The van der Waals surface area contributed by atoms with E-state index in [0.717, 1.165) is 0 Å². The van der Waals surface area contributed by atoms with Gasteiger partial charge in [0.05, 0.1) is 19.6 Å². The maximum atomic E-state index is 9.51. The van der Waals surface area contributed by atoms with Crippen LogP contribution in [0.4, 0.5) is 0 Å². The van der Waals surface area contributed by atoms with Gasteiger partial charge in [-0.3, -0.25) is 4.48 Å². The van der Waals surface area contributed by atoms with Gasteiger partial charge < -0.3 is 20.8 Å². The second kappa shape index (κ2) is 6.28. The Morgan fingerprint density at radius 3 is 1.31 bits per heavy atom. The molecule has 0 bridgehead atoms. The van der Waals surface area contributed by atoms with Crippen LogP contribution in [-0.2, 0) is 0 Å². The van der Waals surface area contributed by atoms with Crippen LogP contribution in [0.1, 0.15) is 20.8 Å². The minimum absolute atomic E-state index is 0. The molecular formula is C8H21NO4. The van der Waals surface area contributed by atoms with Crippen molar-refractivity contribution in [2.24, 2.45) is 0 Å². The van der Waals surface area contributed by atoms with Crippen molar-refractivity contribution in [1.29, 1.82) is 0 Å². The Labute approximate surface area is 79.1 Å². The first-order valence-corrected chi connectivity index (χ1v) is 4.44. The van der Waals surface area contributed by atoms with E-state index in [2.05, 4.69) is 0 Å². The van der Waals surface area contributed by atoms with Crippen molar-refractivity contribution in [2.75, 3.05) is 19.6 Å².